The zero-order chi connectivity index (χ0) is 10.8. The van der Waals surface area contributed by atoms with Crippen LogP contribution in [0.25, 0.3) is 0 Å². The molecule has 0 aromatic heterocycles. The molecule has 2 nitrogen and oxygen atoms in total. The van der Waals surface area contributed by atoms with E-state index in [9.17, 15) is 0 Å². The largest absolute Gasteiger partial charge is 0.496 e. The fraction of sp³-hybridized carbons (Fsp3) is 0.833. The number of rotatable bonds is 9. The Morgan fingerprint density at radius 2 is 2.07 bits per heavy atom. The van der Waals surface area contributed by atoms with Crippen molar-refractivity contribution in [1.82, 2.24) is 0 Å². The van der Waals surface area contributed by atoms with Crippen LogP contribution < -0.4 is 0 Å². The van der Waals surface area contributed by atoms with E-state index in [4.69, 9.17) is 9.47 Å². The lowest BCUT2D eigenvalue weighted by molar-refractivity contribution is 0.0161. The highest BCUT2D eigenvalue weighted by molar-refractivity contribution is 4.65. The highest BCUT2D eigenvalue weighted by Gasteiger charge is 2.12. The van der Waals surface area contributed by atoms with Gasteiger partial charge in [0.05, 0.1) is 12.9 Å². The monoisotopic (exact) mass is 200 g/mol. The van der Waals surface area contributed by atoms with Crippen LogP contribution >= 0.6 is 0 Å². The molecule has 0 aliphatic heterocycles. The summed E-state index contributed by atoms with van der Waals surface area (Å²) in [7, 11) is 0. The van der Waals surface area contributed by atoms with Gasteiger partial charge in [-0.25, -0.2) is 0 Å². The number of hydrogen-bond donors (Lipinski definition) is 0. The molecule has 0 radical (unpaired) electrons. The van der Waals surface area contributed by atoms with Crippen molar-refractivity contribution in [2.24, 2.45) is 5.92 Å². The minimum Gasteiger partial charge on any atom is -0.496 e. The first-order chi connectivity index (χ1) is 6.74. The Balaban J connectivity index is 3.70. The SMILES string of the molecule is C=COC(COCCC)CC(C)CC. The molecule has 2 unspecified atom stereocenters. The van der Waals surface area contributed by atoms with E-state index in [1.165, 1.54) is 12.7 Å². The first-order valence-corrected chi connectivity index (χ1v) is 5.58. The van der Waals surface area contributed by atoms with Crippen LogP contribution in [0.1, 0.15) is 40.0 Å². The molecule has 0 aliphatic rings. The van der Waals surface area contributed by atoms with Crippen LogP contribution in [0.5, 0.6) is 0 Å². The van der Waals surface area contributed by atoms with E-state index in [2.05, 4.69) is 27.4 Å². The molecule has 2 atom stereocenters. The van der Waals surface area contributed by atoms with Gasteiger partial charge in [0.25, 0.3) is 0 Å². The molecule has 0 fully saturated rings. The topological polar surface area (TPSA) is 18.5 Å². The predicted octanol–water partition coefficient (Wildman–Crippen LogP) is 3.38. The summed E-state index contributed by atoms with van der Waals surface area (Å²) in [6, 6.07) is 0. The highest BCUT2D eigenvalue weighted by Crippen LogP contribution is 2.13. The Labute approximate surface area is 88.3 Å². The van der Waals surface area contributed by atoms with Crippen molar-refractivity contribution in [3.8, 4) is 0 Å². The molecule has 0 spiro atoms. The normalized spacial score (nSPS) is 14.8. The summed E-state index contributed by atoms with van der Waals surface area (Å²) in [5.41, 5.74) is 0. The van der Waals surface area contributed by atoms with Gasteiger partial charge in [0.15, 0.2) is 0 Å². The fourth-order valence-corrected chi connectivity index (χ4v) is 1.27. The molecule has 0 amide bonds. The van der Waals surface area contributed by atoms with Crippen molar-refractivity contribution in [2.45, 2.75) is 46.1 Å². The van der Waals surface area contributed by atoms with Gasteiger partial charge in [0.1, 0.15) is 6.10 Å². The van der Waals surface area contributed by atoms with Gasteiger partial charge in [-0.15, -0.1) is 0 Å². The minimum atomic E-state index is 0.175. The van der Waals surface area contributed by atoms with E-state index in [-0.39, 0.29) is 6.10 Å². The van der Waals surface area contributed by atoms with Crippen LogP contribution in [-0.2, 0) is 9.47 Å². The third kappa shape index (κ3) is 6.96. The number of hydrogen-bond acceptors (Lipinski definition) is 2. The second-order valence-corrected chi connectivity index (χ2v) is 3.75. The number of ether oxygens (including phenoxy) is 2. The summed E-state index contributed by atoms with van der Waals surface area (Å²) in [5.74, 6) is 0.685. The maximum Gasteiger partial charge on any atom is 0.121 e. The molecular formula is C12H24O2. The Hall–Kier alpha value is -0.500. The molecule has 0 aliphatic carbocycles. The summed E-state index contributed by atoms with van der Waals surface area (Å²) in [5, 5.41) is 0. The Bertz CT molecular complexity index is 134. The molecule has 0 saturated carbocycles. The van der Waals surface area contributed by atoms with Crippen LogP contribution in [0.2, 0.25) is 0 Å². The van der Waals surface area contributed by atoms with E-state index in [1.54, 1.807) is 0 Å². The van der Waals surface area contributed by atoms with E-state index in [1.807, 2.05) is 0 Å². The standard InChI is InChI=1S/C12H24O2/c1-5-8-13-10-12(14-7-3)9-11(4)6-2/h7,11-12H,3,5-6,8-10H2,1-2,4H3. The van der Waals surface area contributed by atoms with Crippen molar-refractivity contribution in [3.05, 3.63) is 12.8 Å². The van der Waals surface area contributed by atoms with E-state index < -0.39 is 0 Å². The van der Waals surface area contributed by atoms with Crippen LogP contribution in [0.3, 0.4) is 0 Å². The molecular weight excluding hydrogens is 176 g/mol. The summed E-state index contributed by atoms with van der Waals surface area (Å²) >= 11 is 0. The second-order valence-electron chi connectivity index (χ2n) is 3.75. The molecule has 0 aromatic carbocycles. The molecule has 0 bridgehead atoms. The van der Waals surface area contributed by atoms with Crippen molar-refractivity contribution in [1.29, 1.82) is 0 Å². The van der Waals surface area contributed by atoms with Crippen LogP contribution in [0.4, 0.5) is 0 Å². The lowest BCUT2D eigenvalue weighted by Crippen LogP contribution is -2.20. The van der Waals surface area contributed by atoms with Crippen LogP contribution in [0.15, 0.2) is 12.8 Å². The van der Waals surface area contributed by atoms with Gasteiger partial charge in [-0.2, -0.15) is 0 Å². The molecule has 0 N–H and O–H groups in total. The van der Waals surface area contributed by atoms with Gasteiger partial charge in [0, 0.05) is 6.61 Å². The Morgan fingerprint density at radius 1 is 1.36 bits per heavy atom. The van der Waals surface area contributed by atoms with E-state index >= 15 is 0 Å². The van der Waals surface area contributed by atoms with Gasteiger partial charge >= 0.3 is 0 Å². The van der Waals surface area contributed by atoms with E-state index in [0.717, 1.165) is 19.4 Å². The van der Waals surface area contributed by atoms with Crippen molar-refractivity contribution < 1.29 is 9.47 Å². The first kappa shape index (κ1) is 13.5. The Kier molecular flexibility index (Phi) is 8.75. The molecule has 0 aromatic rings. The average molecular weight is 200 g/mol. The van der Waals surface area contributed by atoms with Crippen molar-refractivity contribution >= 4 is 0 Å². The van der Waals surface area contributed by atoms with Gasteiger partial charge in [-0.05, 0) is 18.8 Å². The summed E-state index contributed by atoms with van der Waals surface area (Å²) in [6.45, 7) is 11.6. The lowest BCUT2D eigenvalue weighted by atomic mass is 10.0. The van der Waals surface area contributed by atoms with Crippen LogP contribution in [-0.4, -0.2) is 19.3 Å². The molecule has 14 heavy (non-hydrogen) atoms. The Morgan fingerprint density at radius 3 is 2.57 bits per heavy atom. The summed E-state index contributed by atoms with van der Waals surface area (Å²) in [6.07, 6.45) is 4.98. The van der Waals surface area contributed by atoms with Crippen molar-refractivity contribution in [3.63, 3.8) is 0 Å². The average Bonchev–Trinajstić information content (AvgIpc) is 2.18. The van der Waals surface area contributed by atoms with Gasteiger partial charge in [-0.1, -0.05) is 33.8 Å². The quantitative estimate of drug-likeness (QED) is 0.419. The molecule has 0 rings (SSSR count). The van der Waals surface area contributed by atoms with E-state index in [0.29, 0.717) is 12.5 Å². The molecule has 2 heteroatoms. The zero-order valence-electron chi connectivity index (χ0n) is 9.79. The van der Waals surface area contributed by atoms with Gasteiger partial charge in [-0.3, -0.25) is 0 Å². The lowest BCUT2D eigenvalue weighted by Gasteiger charge is -2.19. The van der Waals surface area contributed by atoms with Gasteiger partial charge < -0.3 is 9.47 Å². The zero-order valence-corrected chi connectivity index (χ0v) is 9.79. The predicted molar refractivity (Wildman–Crippen MR) is 60.3 cm³/mol. The molecule has 0 heterocycles. The summed E-state index contributed by atoms with van der Waals surface area (Å²) < 4.78 is 10.9. The second kappa shape index (κ2) is 9.07. The highest BCUT2D eigenvalue weighted by atomic mass is 16.5. The van der Waals surface area contributed by atoms with Crippen molar-refractivity contribution in [2.75, 3.05) is 13.2 Å². The third-order valence-electron chi connectivity index (χ3n) is 2.30. The van der Waals surface area contributed by atoms with Crippen LogP contribution in [0, 0.1) is 5.92 Å². The van der Waals surface area contributed by atoms with Gasteiger partial charge in [0.2, 0.25) is 0 Å². The molecule has 0 saturated heterocycles. The maximum atomic E-state index is 5.47. The smallest absolute Gasteiger partial charge is 0.121 e. The summed E-state index contributed by atoms with van der Waals surface area (Å²) in [4.78, 5) is 0. The first-order valence-electron chi connectivity index (χ1n) is 5.58. The third-order valence-corrected chi connectivity index (χ3v) is 2.30. The molecule has 84 valence electrons. The fourth-order valence-electron chi connectivity index (χ4n) is 1.27. The minimum absolute atomic E-state index is 0.175. The maximum absolute atomic E-state index is 5.47.